The number of aliphatic hydroxyl groups excluding tert-OH is 1. The van der Waals surface area contributed by atoms with Gasteiger partial charge in [-0.1, -0.05) is 0 Å². The predicted octanol–water partition coefficient (Wildman–Crippen LogP) is -0.297. The van der Waals surface area contributed by atoms with Crippen LogP contribution in [0.5, 0.6) is 0 Å². The lowest BCUT2D eigenvalue weighted by atomic mass is 10.1. The van der Waals surface area contributed by atoms with Crippen LogP contribution in [-0.4, -0.2) is 31.1 Å². The Morgan fingerprint density at radius 3 is 2.89 bits per heavy atom. The van der Waals surface area contributed by atoms with Gasteiger partial charge < -0.3 is 9.84 Å². The monoisotopic (exact) mass is 131 g/mol. The summed E-state index contributed by atoms with van der Waals surface area (Å²) in [5.74, 6) is 0. The van der Waals surface area contributed by atoms with Gasteiger partial charge >= 0.3 is 0 Å². The van der Waals surface area contributed by atoms with Gasteiger partial charge in [-0.05, 0) is 19.4 Å². The summed E-state index contributed by atoms with van der Waals surface area (Å²) in [5, 5.41) is 12.2. The van der Waals surface area contributed by atoms with Crippen molar-refractivity contribution in [3.8, 4) is 0 Å². The summed E-state index contributed by atoms with van der Waals surface area (Å²) < 4.78 is 4.94. The van der Waals surface area contributed by atoms with E-state index in [-0.39, 0.29) is 12.3 Å². The quantitative estimate of drug-likeness (QED) is 0.513. The molecule has 0 aromatic carbocycles. The molecule has 0 radical (unpaired) electrons. The van der Waals surface area contributed by atoms with Gasteiger partial charge in [-0.25, -0.2) is 0 Å². The van der Waals surface area contributed by atoms with Gasteiger partial charge in [0.15, 0.2) is 0 Å². The van der Waals surface area contributed by atoms with E-state index in [1.165, 1.54) is 0 Å². The number of nitrogens with one attached hydrogen (secondary N) is 1. The van der Waals surface area contributed by atoms with Gasteiger partial charge in [0.25, 0.3) is 0 Å². The lowest BCUT2D eigenvalue weighted by Gasteiger charge is -2.27. The Labute approximate surface area is 55.0 Å². The van der Waals surface area contributed by atoms with Crippen LogP contribution in [0.2, 0.25) is 0 Å². The van der Waals surface area contributed by atoms with Crippen molar-refractivity contribution < 1.29 is 9.84 Å². The van der Waals surface area contributed by atoms with Crippen LogP contribution in [0.3, 0.4) is 0 Å². The molecule has 0 amide bonds. The van der Waals surface area contributed by atoms with Crippen molar-refractivity contribution >= 4 is 0 Å². The van der Waals surface area contributed by atoms with E-state index >= 15 is 0 Å². The largest absolute Gasteiger partial charge is 0.389 e. The Morgan fingerprint density at radius 2 is 2.44 bits per heavy atom. The van der Waals surface area contributed by atoms with Gasteiger partial charge in [-0.3, -0.25) is 5.32 Å². The van der Waals surface area contributed by atoms with Gasteiger partial charge in [0.1, 0.15) is 6.23 Å². The molecule has 0 bridgehead atoms. The van der Waals surface area contributed by atoms with E-state index in [1.807, 2.05) is 0 Å². The van der Waals surface area contributed by atoms with Gasteiger partial charge in [-0.2, -0.15) is 0 Å². The van der Waals surface area contributed by atoms with Crippen LogP contribution in [-0.2, 0) is 4.74 Å². The maximum Gasteiger partial charge on any atom is 0.133 e. The number of hydrogen-bond donors (Lipinski definition) is 2. The van der Waals surface area contributed by atoms with Crippen molar-refractivity contribution in [1.82, 2.24) is 5.32 Å². The van der Waals surface area contributed by atoms with Crippen LogP contribution < -0.4 is 5.32 Å². The molecule has 1 heterocycles. The molecule has 2 unspecified atom stereocenters. The fraction of sp³-hybridized carbons (Fsp3) is 1.00. The average Bonchev–Trinajstić information content (AvgIpc) is 1.89. The zero-order valence-electron chi connectivity index (χ0n) is 5.63. The third-order valence-electron chi connectivity index (χ3n) is 1.63. The summed E-state index contributed by atoms with van der Waals surface area (Å²) in [5.41, 5.74) is 0. The second-order valence-corrected chi connectivity index (χ2v) is 2.32. The van der Waals surface area contributed by atoms with Crippen molar-refractivity contribution in [2.45, 2.75) is 25.2 Å². The molecule has 0 aliphatic carbocycles. The van der Waals surface area contributed by atoms with Crippen LogP contribution in [0, 0.1) is 0 Å². The van der Waals surface area contributed by atoms with Crippen molar-refractivity contribution in [3.63, 3.8) is 0 Å². The maximum absolute atomic E-state index is 9.18. The molecule has 1 aliphatic rings. The van der Waals surface area contributed by atoms with Crippen LogP contribution in [0.1, 0.15) is 12.8 Å². The van der Waals surface area contributed by atoms with Crippen molar-refractivity contribution in [2.24, 2.45) is 0 Å². The minimum atomic E-state index is -0.316. The smallest absolute Gasteiger partial charge is 0.133 e. The minimum absolute atomic E-state index is 0.140. The summed E-state index contributed by atoms with van der Waals surface area (Å²) in [7, 11) is 1.60. The molecule has 1 aliphatic heterocycles. The molecule has 0 aromatic rings. The molecule has 1 fully saturated rings. The minimum Gasteiger partial charge on any atom is -0.389 e. The van der Waals surface area contributed by atoms with E-state index in [1.54, 1.807) is 7.11 Å². The highest BCUT2D eigenvalue weighted by Gasteiger charge is 2.20. The summed E-state index contributed by atoms with van der Waals surface area (Å²) >= 11 is 0. The lowest BCUT2D eigenvalue weighted by molar-refractivity contribution is -0.0494. The molecule has 54 valence electrons. The van der Waals surface area contributed by atoms with Gasteiger partial charge in [-0.15, -0.1) is 0 Å². The normalized spacial score (nSPS) is 36.7. The standard InChI is InChI=1S/C6H13NO2/c1-9-6-5(8)3-2-4-7-6/h5-8H,2-4H2,1H3. The van der Waals surface area contributed by atoms with Crippen molar-refractivity contribution in [2.75, 3.05) is 13.7 Å². The van der Waals surface area contributed by atoms with Crippen LogP contribution in [0.25, 0.3) is 0 Å². The first-order valence-corrected chi connectivity index (χ1v) is 3.29. The highest BCUT2D eigenvalue weighted by molar-refractivity contribution is 4.72. The van der Waals surface area contributed by atoms with Crippen LogP contribution in [0.4, 0.5) is 0 Å². The van der Waals surface area contributed by atoms with Crippen LogP contribution >= 0.6 is 0 Å². The van der Waals surface area contributed by atoms with Gasteiger partial charge in [0, 0.05) is 7.11 Å². The number of aliphatic hydroxyl groups is 1. The number of hydrogen-bond acceptors (Lipinski definition) is 3. The number of methoxy groups -OCH3 is 1. The van der Waals surface area contributed by atoms with Gasteiger partial charge in [0.05, 0.1) is 6.10 Å². The van der Waals surface area contributed by atoms with E-state index in [2.05, 4.69) is 5.32 Å². The van der Waals surface area contributed by atoms with E-state index < -0.39 is 0 Å². The maximum atomic E-state index is 9.18. The highest BCUT2D eigenvalue weighted by atomic mass is 16.5. The summed E-state index contributed by atoms with van der Waals surface area (Å²) in [6.45, 7) is 0.954. The molecule has 1 rings (SSSR count). The van der Waals surface area contributed by atoms with E-state index in [4.69, 9.17) is 4.74 Å². The summed E-state index contributed by atoms with van der Waals surface area (Å²) in [6, 6.07) is 0. The molecule has 1 saturated heterocycles. The third kappa shape index (κ3) is 1.64. The Morgan fingerprint density at radius 1 is 1.67 bits per heavy atom. The first-order valence-electron chi connectivity index (χ1n) is 3.29. The molecular formula is C6H13NO2. The van der Waals surface area contributed by atoms with Crippen LogP contribution in [0.15, 0.2) is 0 Å². The molecule has 0 saturated carbocycles. The van der Waals surface area contributed by atoms with E-state index in [0.717, 1.165) is 19.4 Å². The third-order valence-corrected chi connectivity index (χ3v) is 1.63. The number of piperidine rings is 1. The molecule has 0 spiro atoms. The Hall–Kier alpha value is -0.120. The molecule has 9 heavy (non-hydrogen) atoms. The molecule has 2 N–H and O–H groups in total. The second kappa shape index (κ2) is 3.15. The predicted molar refractivity (Wildman–Crippen MR) is 34.0 cm³/mol. The van der Waals surface area contributed by atoms with E-state index in [0.29, 0.717) is 0 Å². The van der Waals surface area contributed by atoms with Crippen molar-refractivity contribution in [1.29, 1.82) is 0 Å². The van der Waals surface area contributed by atoms with Gasteiger partial charge in [0.2, 0.25) is 0 Å². The molecular weight excluding hydrogens is 118 g/mol. The average molecular weight is 131 g/mol. The SMILES string of the molecule is COC1NCCCC1O. The highest BCUT2D eigenvalue weighted by Crippen LogP contribution is 2.07. The number of rotatable bonds is 1. The van der Waals surface area contributed by atoms with E-state index in [9.17, 15) is 5.11 Å². The molecule has 3 heteroatoms. The summed E-state index contributed by atoms with van der Waals surface area (Å²) in [4.78, 5) is 0. The second-order valence-electron chi connectivity index (χ2n) is 2.32. The van der Waals surface area contributed by atoms with Crippen molar-refractivity contribution in [3.05, 3.63) is 0 Å². The fourth-order valence-electron chi connectivity index (χ4n) is 1.08. The topological polar surface area (TPSA) is 41.5 Å². The Balaban J connectivity index is 2.30. The molecule has 2 atom stereocenters. The zero-order valence-corrected chi connectivity index (χ0v) is 5.63. The first-order chi connectivity index (χ1) is 4.34. The summed E-state index contributed by atoms with van der Waals surface area (Å²) in [6.07, 6.45) is 1.44. The Bertz CT molecular complexity index is 87.1. The number of ether oxygens (including phenoxy) is 1. The molecule has 3 nitrogen and oxygen atoms in total. The molecule has 0 aromatic heterocycles. The fourth-order valence-corrected chi connectivity index (χ4v) is 1.08. The first kappa shape index (κ1) is 6.99. The zero-order chi connectivity index (χ0) is 6.69. The Kier molecular flexibility index (Phi) is 2.45. The lowest BCUT2D eigenvalue weighted by Crippen LogP contribution is -2.45.